The summed E-state index contributed by atoms with van der Waals surface area (Å²) < 4.78 is 42.7. The van der Waals surface area contributed by atoms with Crippen molar-refractivity contribution in [1.29, 1.82) is 0 Å². The summed E-state index contributed by atoms with van der Waals surface area (Å²) in [5.74, 6) is -0.731. The van der Waals surface area contributed by atoms with Gasteiger partial charge in [0.15, 0.2) is 0 Å². The summed E-state index contributed by atoms with van der Waals surface area (Å²) in [4.78, 5) is 12.9. The second-order valence-electron chi connectivity index (χ2n) is 4.60. The fourth-order valence-electron chi connectivity index (χ4n) is 1.78. The fourth-order valence-corrected chi connectivity index (χ4v) is 1.78. The Kier molecular flexibility index (Phi) is 6.06. The van der Waals surface area contributed by atoms with Crippen molar-refractivity contribution in [2.75, 3.05) is 19.6 Å². The minimum Gasteiger partial charge on any atom is -0.467 e. The van der Waals surface area contributed by atoms with E-state index in [1.165, 1.54) is 6.26 Å². The van der Waals surface area contributed by atoms with Gasteiger partial charge in [-0.1, -0.05) is 13.8 Å². The van der Waals surface area contributed by atoms with E-state index in [-0.39, 0.29) is 6.54 Å². The molecule has 114 valence electrons. The number of rotatable bonds is 7. The first-order valence-corrected chi connectivity index (χ1v) is 6.42. The average molecular weight is 292 g/mol. The molecule has 0 aliphatic heterocycles. The highest BCUT2D eigenvalue weighted by molar-refractivity contribution is 5.78. The average Bonchev–Trinajstić information content (AvgIpc) is 2.85. The predicted molar refractivity (Wildman–Crippen MR) is 67.9 cm³/mol. The van der Waals surface area contributed by atoms with Crippen LogP contribution in [0.1, 0.15) is 19.6 Å². The van der Waals surface area contributed by atoms with Gasteiger partial charge in [-0.3, -0.25) is 4.79 Å². The zero-order valence-corrected chi connectivity index (χ0v) is 11.5. The Morgan fingerprint density at radius 3 is 2.70 bits per heavy atom. The third kappa shape index (κ3) is 5.64. The zero-order chi connectivity index (χ0) is 15.2. The number of alkyl halides is 3. The van der Waals surface area contributed by atoms with Crippen molar-refractivity contribution in [3.63, 3.8) is 0 Å². The van der Waals surface area contributed by atoms with Crippen LogP contribution in [0.25, 0.3) is 0 Å². The first-order valence-electron chi connectivity index (χ1n) is 6.42. The molecule has 7 heteroatoms. The molecule has 1 aromatic heterocycles. The maximum Gasteiger partial charge on any atom is 0.406 e. The second-order valence-corrected chi connectivity index (χ2v) is 4.60. The van der Waals surface area contributed by atoms with Crippen molar-refractivity contribution in [1.82, 2.24) is 10.2 Å². The monoisotopic (exact) mass is 292 g/mol. The molecule has 1 N–H and O–H groups in total. The number of carbonyl (C=O) groups is 1. The molecule has 0 bridgehead atoms. The lowest BCUT2D eigenvalue weighted by Gasteiger charge is -2.26. The van der Waals surface area contributed by atoms with Crippen LogP contribution in [0, 0.1) is 5.92 Å². The van der Waals surface area contributed by atoms with Gasteiger partial charge in [0.25, 0.3) is 0 Å². The van der Waals surface area contributed by atoms with Gasteiger partial charge in [-0.15, -0.1) is 0 Å². The van der Waals surface area contributed by atoms with Gasteiger partial charge >= 0.3 is 6.18 Å². The van der Waals surface area contributed by atoms with E-state index in [1.54, 1.807) is 19.1 Å². The van der Waals surface area contributed by atoms with Crippen molar-refractivity contribution in [3.05, 3.63) is 24.2 Å². The van der Waals surface area contributed by atoms with E-state index in [0.717, 1.165) is 4.90 Å². The largest absolute Gasteiger partial charge is 0.467 e. The highest BCUT2D eigenvalue weighted by atomic mass is 19.4. The summed E-state index contributed by atoms with van der Waals surface area (Å²) in [6.45, 7) is 3.03. The molecule has 1 unspecified atom stereocenters. The van der Waals surface area contributed by atoms with Gasteiger partial charge in [0.05, 0.1) is 12.8 Å². The van der Waals surface area contributed by atoms with Crippen molar-refractivity contribution in [2.24, 2.45) is 5.92 Å². The van der Waals surface area contributed by atoms with Gasteiger partial charge in [0.2, 0.25) is 5.91 Å². The molecule has 0 saturated heterocycles. The molecular formula is C13H19F3N2O2. The number of halogens is 3. The lowest BCUT2D eigenvalue weighted by Crippen LogP contribution is -2.43. The lowest BCUT2D eigenvalue weighted by atomic mass is 10.1. The predicted octanol–water partition coefficient (Wildman–Crippen LogP) is 2.42. The molecule has 1 amide bonds. The summed E-state index contributed by atoms with van der Waals surface area (Å²) in [6.07, 6.45) is -3.06. The van der Waals surface area contributed by atoms with Gasteiger partial charge in [0, 0.05) is 12.5 Å². The van der Waals surface area contributed by atoms with E-state index in [4.69, 9.17) is 4.42 Å². The molecule has 0 saturated carbocycles. The number of amides is 1. The quantitative estimate of drug-likeness (QED) is 0.839. The molecule has 1 aromatic rings. The van der Waals surface area contributed by atoms with Crippen molar-refractivity contribution in [3.8, 4) is 0 Å². The first-order chi connectivity index (χ1) is 9.33. The van der Waals surface area contributed by atoms with Crippen molar-refractivity contribution < 1.29 is 22.4 Å². The van der Waals surface area contributed by atoms with E-state index < -0.39 is 24.5 Å². The van der Waals surface area contributed by atoms with Crippen LogP contribution >= 0.6 is 0 Å². The molecule has 1 atom stereocenters. The van der Waals surface area contributed by atoms with Crippen LogP contribution in [0.4, 0.5) is 13.2 Å². The molecule has 1 heterocycles. The number of carbonyl (C=O) groups excluding carboxylic acids is 1. The minimum absolute atomic E-state index is 0.179. The van der Waals surface area contributed by atoms with E-state index in [9.17, 15) is 18.0 Å². The number of hydrogen-bond donors (Lipinski definition) is 1. The van der Waals surface area contributed by atoms with Crippen LogP contribution in [0.3, 0.4) is 0 Å². The Morgan fingerprint density at radius 1 is 1.50 bits per heavy atom. The van der Waals surface area contributed by atoms with Crippen molar-refractivity contribution >= 4 is 5.91 Å². The van der Waals surface area contributed by atoms with Crippen LogP contribution in [0.15, 0.2) is 22.8 Å². The molecule has 4 nitrogen and oxygen atoms in total. The van der Waals surface area contributed by atoms with Crippen LogP contribution in [-0.2, 0) is 11.3 Å². The number of nitrogens with zero attached hydrogens (tertiary/aromatic N) is 1. The van der Waals surface area contributed by atoms with Crippen molar-refractivity contribution in [2.45, 2.75) is 26.6 Å². The first kappa shape index (κ1) is 16.6. The molecule has 0 radical (unpaired) electrons. The molecule has 1 rings (SSSR count). The topological polar surface area (TPSA) is 45.5 Å². The van der Waals surface area contributed by atoms with Crippen LogP contribution in [0.5, 0.6) is 0 Å². The highest BCUT2D eigenvalue weighted by Crippen LogP contribution is 2.20. The SMILES string of the molecule is CCNCC(C)C(=O)N(Cc1ccco1)CC(F)(F)F. The van der Waals surface area contributed by atoms with Crippen LogP contribution in [0.2, 0.25) is 0 Å². The molecule has 0 aliphatic carbocycles. The molecule has 0 aromatic carbocycles. The maximum atomic E-state index is 12.6. The number of furan rings is 1. The molecule has 0 spiro atoms. The molecule has 20 heavy (non-hydrogen) atoms. The summed E-state index contributed by atoms with van der Waals surface area (Å²) in [5.41, 5.74) is 0. The smallest absolute Gasteiger partial charge is 0.406 e. The Bertz CT molecular complexity index is 404. The normalized spacial score (nSPS) is 13.2. The van der Waals surface area contributed by atoms with E-state index in [0.29, 0.717) is 18.8 Å². The Hall–Kier alpha value is -1.50. The van der Waals surface area contributed by atoms with Gasteiger partial charge in [-0.05, 0) is 18.7 Å². The Labute approximate surface area is 115 Å². The number of nitrogens with one attached hydrogen (secondary N) is 1. The van der Waals surface area contributed by atoms with E-state index in [1.807, 2.05) is 6.92 Å². The molecule has 0 fully saturated rings. The van der Waals surface area contributed by atoms with Crippen LogP contribution < -0.4 is 5.32 Å². The highest BCUT2D eigenvalue weighted by Gasteiger charge is 2.34. The van der Waals surface area contributed by atoms with Crippen LogP contribution in [-0.4, -0.2) is 36.6 Å². The lowest BCUT2D eigenvalue weighted by molar-refractivity contribution is -0.165. The molecular weight excluding hydrogens is 273 g/mol. The Morgan fingerprint density at radius 2 is 2.20 bits per heavy atom. The maximum absolute atomic E-state index is 12.6. The fraction of sp³-hybridized carbons (Fsp3) is 0.615. The van der Waals surface area contributed by atoms with Gasteiger partial charge in [0.1, 0.15) is 12.3 Å². The second kappa shape index (κ2) is 7.33. The van der Waals surface area contributed by atoms with Gasteiger partial charge in [-0.25, -0.2) is 0 Å². The standard InChI is InChI=1S/C13H19F3N2O2/c1-3-17-7-10(2)12(19)18(9-13(14,15)16)8-11-5-4-6-20-11/h4-6,10,17H,3,7-9H2,1-2H3. The third-order valence-corrected chi connectivity index (χ3v) is 2.73. The summed E-state index contributed by atoms with van der Waals surface area (Å²) in [7, 11) is 0. The summed E-state index contributed by atoms with van der Waals surface area (Å²) in [6, 6.07) is 3.12. The van der Waals surface area contributed by atoms with E-state index >= 15 is 0 Å². The zero-order valence-electron chi connectivity index (χ0n) is 11.5. The molecule has 0 aliphatic rings. The minimum atomic E-state index is -4.43. The number of hydrogen-bond acceptors (Lipinski definition) is 3. The van der Waals surface area contributed by atoms with Gasteiger partial charge in [-0.2, -0.15) is 13.2 Å². The van der Waals surface area contributed by atoms with E-state index in [2.05, 4.69) is 5.32 Å². The summed E-state index contributed by atoms with van der Waals surface area (Å²) in [5, 5.41) is 2.95. The van der Waals surface area contributed by atoms with Gasteiger partial charge < -0.3 is 14.6 Å². The Balaban J connectivity index is 2.73. The third-order valence-electron chi connectivity index (χ3n) is 2.73. The summed E-state index contributed by atoms with van der Waals surface area (Å²) >= 11 is 0.